The molecule has 0 bridgehead atoms. The fraction of sp³-hybridized carbons (Fsp3) is 0.409. The number of aryl methyl sites for hydroxylation is 2. The Morgan fingerprint density at radius 3 is 2.50 bits per heavy atom. The molecular formula is C22H25NO5. The zero-order valence-electron chi connectivity index (χ0n) is 16.4. The van der Waals surface area contributed by atoms with Crippen LogP contribution in [-0.2, 0) is 31.9 Å². The first-order valence-electron chi connectivity index (χ1n) is 9.54. The maximum Gasteiger partial charge on any atom is 0.339 e. The number of benzene rings is 2. The molecule has 3 rings (SSSR count). The van der Waals surface area contributed by atoms with E-state index in [-0.39, 0.29) is 5.92 Å². The number of carbonyl (C=O) groups excluding carboxylic acids is 3. The van der Waals surface area contributed by atoms with Crippen LogP contribution in [0.4, 0.5) is 0 Å². The molecular weight excluding hydrogens is 358 g/mol. The van der Waals surface area contributed by atoms with Crippen molar-refractivity contribution in [1.82, 2.24) is 5.32 Å². The van der Waals surface area contributed by atoms with E-state index in [1.165, 1.54) is 18.2 Å². The number of nitrogens with one attached hydrogen (secondary N) is 1. The van der Waals surface area contributed by atoms with Crippen LogP contribution in [-0.4, -0.2) is 37.6 Å². The number of ether oxygens (including phenoxy) is 2. The van der Waals surface area contributed by atoms with E-state index in [0.29, 0.717) is 12.0 Å². The third-order valence-corrected chi connectivity index (χ3v) is 5.42. The van der Waals surface area contributed by atoms with Crippen molar-refractivity contribution in [3.8, 4) is 0 Å². The molecule has 1 aliphatic rings. The summed E-state index contributed by atoms with van der Waals surface area (Å²) in [5, 5.41) is 4.57. The topological polar surface area (TPSA) is 81.7 Å². The highest BCUT2D eigenvalue weighted by molar-refractivity contribution is 6.07. The molecule has 2 aromatic carbocycles. The first-order chi connectivity index (χ1) is 13.5. The third-order valence-electron chi connectivity index (χ3n) is 5.42. The van der Waals surface area contributed by atoms with Crippen molar-refractivity contribution >= 4 is 28.6 Å². The monoisotopic (exact) mass is 383 g/mol. The molecule has 2 atom stereocenters. The Morgan fingerprint density at radius 2 is 1.82 bits per heavy atom. The lowest BCUT2D eigenvalue weighted by atomic mass is 9.99. The van der Waals surface area contributed by atoms with Crippen molar-refractivity contribution in [2.45, 2.75) is 39.2 Å². The SMILES string of the molecule is CC[C@@H](C)[C@H](NC(=O)COC(=O)c1ccc2c3c(cccc13)CC2)C(=O)OC. The maximum atomic E-state index is 12.6. The van der Waals surface area contributed by atoms with Crippen molar-refractivity contribution < 1.29 is 23.9 Å². The highest BCUT2D eigenvalue weighted by Gasteiger charge is 2.27. The minimum absolute atomic E-state index is 0.0939. The van der Waals surface area contributed by atoms with Crippen LogP contribution < -0.4 is 5.32 Å². The Hall–Kier alpha value is -2.89. The third kappa shape index (κ3) is 3.86. The van der Waals surface area contributed by atoms with Crippen LogP contribution >= 0.6 is 0 Å². The van der Waals surface area contributed by atoms with Gasteiger partial charge in [0.15, 0.2) is 6.61 Å². The van der Waals surface area contributed by atoms with Gasteiger partial charge in [0, 0.05) is 0 Å². The van der Waals surface area contributed by atoms with Gasteiger partial charge in [-0.2, -0.15) is 0 Å². The lowest BCUT2D eigenvalue weighted by Crippen LogP contribution is -2.47. The summed E-state index contributed by atoms with van der Waals surface area (Å²) >= 11 is 0. The molecule has 0 saturated carbocycles. The second-order valence-corrected chi connectivity index (χ2v) is 7.14. The van der Waals surface area contributed by atoms with E-state index in [0.717, 1.165) is 23.6 Å². The van der Waals surface area contributed by atoms with E-state index in [1.54, 1.807) is 6.07 Å². The molecule has 0 aromatic heterocycles. The normalized spacial score (nSPS) is 14.4. The molecule has 6 heteroatoms. The van der Waals surface area contributed by atoms with E-state index in [1.807, 2.05) is 32.0 Å². The molecule has 1 aliphatic carbocycles. The number of methoxy groups -OCH3 is 1. The number of hydrogen-bond donors (Lipinski definition) is 1. The van der Waals surface area contributed by atoms with Gasteiger partial charge in [0.25, 0.3) is 5.91 Å². The molecule has 0 saturated heterocycles. The van der Waals surface area contributed by atoms with Gasteiger partial charge in [0.2, 0.25) is 0 Å². The van der Waals surface area contributed by atoms with Crippen LogP contribution in [0, 0.1) is 5.92 Å². The van der Waals surface area contributed by atoms with Crippen LogP contribution in [0.1, 0.15) is 41.8 Å². The summed E-state index contributed by atoms with van der Waals surface area (Å²) in [6, 6.07) is 8.85. The maximum absolute atomic E-state index is 12.6. The van der Waals surface area contributed by atoms with Gasteiger partial charge in [-0.25, -0.2) is 9.59 Å². The van der Waals surface area contributed by atoms with E-state index in [9.17, 15) is 14.4 Å². The Labute approximate surface area is 164 Å². The average molecular weight is 383 g/mol. The van der Waals surface area contributed by atoms with Gasteiger partial charge < -0.3 is 14.8 Å². The molecule has 2 aromatic rings. The first-order valence-corrected chi connectivity index (χ1v) is 9.54. The van der Waals surface area contributed by atoms with Gasteiger partial charge >= 0.3 is 11.9 Å². The minimum Gasteiger partial charge on any atom is -0.467 e. The van der Waals surface area contributed by atoms with Crippen molar-refractivity contribution in [1.29, 1.82) is 0 Å². The first kappa shape index (κ1) is 19.9. The van der Waals surface area contributed by atoms with E-state index < -0.39 is 30.5 Å². The van der Waals surface area contributed by atoms with E-state index in [2.05, 4.69) is 11.4 Å². The molecule has 0 unspecified atom stereocenters. The highest BCUT2D eigenvalue weighted by Crippen LogP contribution is 2.32. The van der Waals surface area contributed by atoms with Crippen LogP contribution in [0.5, 0.6) is 0 Å². The fourth-order valence-corrected chi connectivity index (χ4v) is 3.64. The second kappa shape index (κ2) is 8.42. The summed E-state index contributed by atoms with van der Waals surface area (Å²) in [6.45, 7) is 3.31. The quantitative estimate of drug-likeness (QED) is 0.744. The van der Waals surface area contributed by atoms with Gasteiger partial charge in [-0.1, -0.05) is 44.5 Å². The largest absolute Gasteiger partial charge is 0.467 e. The summed E-state index contributed by atoms with van der Waals surface area (Å²) in [4.78, 5) is 36.7. The Kier molecular flexibility index (Phi) is 5.97. The van der Waals surface area contributed by atoms with Gasteiger partial charge in [-0.05, 0) is 46.7 Å². The standard InChI is InChI=1S/C22H25NO5/c1-4-13(2)20(22(26)27-3)23-18(24)12-28-21(25)17-11-10-15-9-8-14-6-5-7-16(17)19(14)15/h5-7,10-11,13,20H,4,8-9,12H2,1-3H3,(H,23,24)/t13-,20+/m1/s1. The predicted molar refractivity (Wildman–Crippen MR) is 105 cm³/mol. The molecule has 0 spiro atoms. The number of hydrogen-bond acceptors (Lipinski definition) is 5. The van der Waals surface area contributed by atoms with E-state index >= 15 is 0 Å². The zero-order chi connectivity index (χ0) is 20.3. The van der Waals surface area contributed by atoms with E-state index in [4.69, 9.17) is 9.47 Å². The summed E-state index contributed by atoms with van der Waals surface area (Å²) in [5.41, 5.74) is 2.91. The second-order valence-electron chi connectivity index (χ2n) is 7.14. The van der Waals surface area contributed by atoms with Gasteiger partial charge in [-0.3, -0.25) is 4.79 Å². The minimum atomic E-state index is -0.766. The number of carbonyl (C=O) groups is 3. The molecule has 0 radical (unpaired) electrons. The predicted octanol–water partition coefficient (Wildman–Crippen LogP) is 2.80. The molecule has 0 aliphatic heterocycles. The Morgan fingerprint density at radius 1 is 1.11 bits per heavy atom. The summed E-state index contributed by atoms with van der Waals surface area (Å²) < 4.78 is 9.97. The Bertz CT molecular complexity index is 910. The number of rotatable bonds is 7. The Balaban J connectivity index is 1.68. The summed E-state index contributed by atoms with van der Waals surface area (Å²) in [6.07, 6.45) is 2.64. The fourth-order valence-electron chi connectivity index (χ4n) is 3.64. The zero-order valence-corrected chi connectivity index (χ0v) is 16.4. The van der Waals surface area contributed by atoms with Crippen molar-refractivity contribution in [3.05, 3.63) is 47.0 Å². The lowest BCUT2D eigenvalue weighted by molar-refractivity contribution is -0.147. The van der Waals surface area contributed by atoms with Crippen molar-refractivity contribution in [2.24, 2.45) is 5.92 Å². The number of amides is 1. The molecule has 28 heavy (non-hydrogen) atoms. The van der Waals surface area contributed by atoms with Crippen molar-refractivity contribution in [2.75, 3.05) is 13.7 Å². The molecule has 148 valence electrons. The van der Waals surface area contributed by atoms with Crippen LogP contribution in [0.3, 0.4) is 0 Å². The molecule has 0 fully saturated rings. The summed E-state index contributed by atoms with van der Waals surface area (Å²) in [7, 11) is 1.28. The van der Waals surface area contributed by atoms with Crippen LogP contribution in [0.25, 0.3) is 10.8 Å². The molecule has 6 nitrogen and oxygen atoms in total. The average Bonchev–Trinajstić information content (AvgIpc) is 3.14. The smallest absolute Gasteiger partial charge is 0.339 e. The van der Waals surface area contributed by atoms with Gasteiger partial charge in [-0.15, -0.1) is 0 Å². The lowest BCUT2D eigenvalue weighted by Gasteiger charge is -2.21. The van der Waals surface area contributed by atoms with Gasteiger partial charge in [0.1, 0.15) is 6.04 Å². The van der Waals surface area contributed by atoms with Crippen molar-refractivity contribution in [3.63, 3.8) is 0 Å². The summed E-state index contributed by atoms with van der Waals surface area (Å²) in [5.74, 6) is -1.69. The molecule has 0 heterocycles. The number of esters is 2. The van der Waals surface area contributed by atoms with Crippen LogP contribution in [0.2, 0.25) is 0 Å². The van der Waals surface area contributed by atoms with Gasteiger partial charge in [0.05, 0.1) is 12.7 Å². The van der Waals surface area contributed by atoms with Crippen LogP contribution in [0.15, 0.2) is 30.3 Å². The molecule has 1 N–H and O–H groups in total. The highest BCUT2D eigenvalue weighted by atomic mass is 16.5. The molecule has 1 amide bonds.